The molecule has 2 aliphatic heterocycles. The summed E-state index contributed by atoms with van der Waals surface area (Å²) in [5, 5.41) is 3.51. The molecule has 2 heterocycles. The van der Waals surface area contributed by atoms with Gasteiger partial charge in [-0.05, 0) is 24.1 Å². The van der Waals surface area contributed by atoms with Crippen molar-refractivity contribution in [3.05, 3.63) is 23.8 Å². The average Bonchev–Trinajstić information content (AvgIpc) is 2.80. The van der Waals surface area contributed by atoms with Crippen molar-refractivity contribution in [3.63, 3.8) is 0 Å². The first-order valence-corrected chi connectivity index (χ1v) is 6.48. The lowest BCUT2D eigenvalue weighted by atomic mass is 9.83. The third kappa shape index (κ3) is 2.18. The Kier molecular flexibility index (Phi) is 3.14. The fraction of sp³-hybridized carbons (Fsp3) is 0.571. The Balaban J connectivity index is 1.54. The Morgan fingerprint density at radius 1 is 1.22 bits per heavy atom. The molecule has 18 heavy (non-hydrogen) atoms. The minimum Gasteiger partial charge on any atom is -0.454 e. The van der Waals surface area contributed by atoms with Crippen molar-refractivity contribution < 1.29 is 14.2 Å². The molecule has 1 N–H and O–H groups in total. The highest BCUT2D eigenvalue weighted by atomic mass is 16.7. The average molecular weight is 249 g/mol. The Hall–Kier alpha value is -1.26. The quantitative estimate of drug-likeness (QED) is 0.865. The summed E-state index contributed by atoms with van der Waals surface area (Å²) < 4.78 is 16.0. The molecule has 0 aromatic heterocycles. The maximum Gasteiger partial charge on any atom is 0.231 e. The van der Waals surface area contributed by atoms with E-state index in [1.165, 1.54) is 12.0 Å². The van der Waals surface area contributed by atoms with Crippen LogP contribution in [0.1, 0.15) is 18.9 Å². The van der Waals surface area contributed by atoms with E-state index in [-0.39, 0.29) is 0 Å². The molecule has 0 unspecified atom stereocenters. The maximum absolute atomic E-state index is 5.37. The van der Waals surface area contributed by atoms with Crippen molar-refractivity contribution in [3.8, 4) is 11.5 Å². The first-order chi connectivity index (χ1) is 8.81. The summed E-state index contributed by atoms with van der Waals surface area (Å²) in [5.41, 5.74) is 1.59. The molecule has 0 aliphatic carbocycles. The zero-order valence-electron chi connectivity index (χ0n) is 10.7. The van der Waals surface area contributed by atoms with Gasteiger partial charge in [0.25, 0.3) is 0 Å². The van der Waals surface area contributed by atoms with Crippen LogP contribution in [0.3, 0.4) is 0 Å². The number of nitrogens with one attached hydrogen (secondary N) is 1. The van der Waals surface area contributed by atoms with Gasteiger partial charge in [0.15, 0.2) is 11.5 Å². The van der Waals surface area contributed by atoms with Gasteiger partial charge in [0.2, 0.25) is 6.79 Å². The van der Waals surface area contributed by atoms with Crippen molar-refractivity contribution in [2.75, 3.05) is 26.6 Å². The predicted octanol–water partition coefficient (Wildman–Crippen LogP) is 1.93. The molecule has 0 saturated carbocycles. The first kappa shape index (κ1) is 11.8. The molecule has 3 rings (SSSR count). The lowest BCUT2D eigenvalue weighted by Gasteiger charge is -2.41. The number of hydrogen-bond donors (Lipinski definition) is 1. The van der Waals surface area contributed by atoms with Crippen molar-refractivity contribution in [2.24, 2.45) is 5.41 Å². The summed E-state index contributed by atoms with van der Waals surface area (Å²) in [5.74, 6) is 1.70. The van der Waals surface area contributed by atoms with E-state index in [1.54, 1.807) is 0 Å². The number of benzene rings is 1. The normalized spacial score (nSPS) is 19.6. The number of fused-ring (bicyclic) bond motifs is 1. The molecule has 2 aliphatic rings. The third-order valence-electron chi connectivity index (χ3n) is 3.83. The zero-order chi connectivity index (χ0) is 12.4. The summed E-state index contributed by atoms with van der Waals surface area (Å²) in [6, 6.07) is 6.10. The number of rotatable bonds is 5. The van der Waals surface area contributed by atoms with Gasteiger partial charge in [-0.25, -0.2) is 0 Å². The molecule has 1 fully saturated rings. The Bertz CT molecular complexity index is 424. The van der Waals surface area contributed by atoms with Gasteiger partial charge in [0, 0.05) is 18.5 Å². The van der Waals surface area contributed by atoms with Crippen LogP contribution in [0.15, 0.2) is 18.2 Å². The molecule has 98 valence electrons. The Morgan fingerprint density at radius 2 is 2.06 bits per heavy atom. The highest BCUT2D eigenvalue weighted by molar-refractivity contribution is 5.44. The molecule has 0 amide bonds. The van der Waals surface area contributed by atoms with Crippen molar-refractivity contribution in [1.29, 1.82) is 0 Å². The van der Waals surface area contributed by atoms with Gasteiger partial charge in [-0.15, -0.1) is 0 Å². The molecular formula is C14H19NO3. The second-order valence-corrected chi connectivity index (χ2v) is 5.14. The lowest BCUT2D eigenvalue weighted by Crippen LogP contribution is -2.49. The molecule has 0 bridgehead atoms. The second-order valence-electron chi connectivity index (χ2n) is 5.14. The van der Waals surface area contributed by atoms with Gasteiger partial charge in [0.05, 0.1) is 13.2 Å². The third-order valence-corrected chi connectivity index (χ3v) is 3.83. The molecule has 4 heteroatoms. The summed E-state index contributed by atoms with van der Waals surface area (Å²) in [6.07, 6.45) is 1.17. The van der Waals surface area contributed by atoms with Crippen LogP contribution >= 0.6 is 0 Å². The predicted molar refractivity (Wildman–Crippen MR) is 67.8 cm³/mol. The molecular weight excluding hydrogens is 230 g/mol. The van der Waals surface area contributed by atoms with Crippen LogP contribution in [0.25, 0.3) is 0 Å². The summed E-state index contributed by atoms with van der Waals surface area (Å²) in [7, 11) is 0. The van der Waals surface area contributed by atoms with E-state index in [2.05, 4.69) is 18.3 Å². The Morgan fingerprint density at radius 3 is 2.78 bits per heavy atom. The smallest absolute Gasteiger partial charge is 0.231 e. The van der Waals surface area contributed by atoms with Crippen LogP contribution in [-0.2, 0) is 11.3 Å². The van der Waals surface area contributed by atoms with Crippen molar-refractivity contribution in [2.45, 2.75) is 19.9 Å². The standard InChI is InChI=1S/C14H19NO3/c1-2-14(8-16-9-14)7-15-6-11-3-4-12-13(5-11)18-10-17-12/h3-5,15H,2,6-10H2,1H3. The van der Waals surface area contributed by atoms with E-state index in [0.717, 1.165) is 37.8 Å². The second kappa shape index (κ2) is 4.78. The fourth-order valence-electron chi connectivity index (χ4n) is 2.34. The molecule has 4 nitrogen and oxygen atoms in total. The largest absolute Gasteiger partial charge is 0.454 e. The van der Waals surface area contributed by atoms with Gasteiger partial charge in [-0.3, -0.25) is 0 Å². The number of ether oxygens (including phenoxy) is 3. The van der Waals surface area contributed by atoms with Gasteiger partial charge in [-0.2, -0.15) is 0 Å². The van der Waals surface area contributed by atoms with Crippen LogP contribution in [0.5, 0.6) is 11.5 Å². The van der Waals surface area contributed by atoms with Crippen LogP contribution in [-0.4, -0.2) is 26.6 Å². The SMILES string of the molecule is CCC1(CNCc2ccc3c(c2)OCO3)COC1. The lowest BCUT2D eigenvalue weighted by molar-refractivity contribution is -0.113. The summed E-state index contributed by atoms with van der Waals surface area (Å²) >= 11 is 0. The van der Waals surface area contributed by atoms with Crippen LogP contribution in [0, 0.1) is 5.41 Å². The minimum absolute atomic E-state index is 0.336. The van der Waals surface area contributed by atoms with Crippen molar-refractivity contribution in [1.82, 2.24) is 5.32 Å². The van der Waals surface area contributed by atoms with Gasteiger partial charge in [-0.1, -0.05) is 13.0 Å². The van der Waals surface area contributed by atoms with E-state index < -0.39 is 0 Å². The zero-order valence-corrected chi connectivity index (χ0v) is 10.7. The first-order valence-electron chi connectivity index (χ1n) is 6.48. The van der Waals surface area contributed by atoms with Gasteiger partial charge in [0.1, 0.15) is 0 Å². The highest BCUT2D eigenvalue weighted by Crippen LogP contribution is 2.33. The van der Waals surface area contributed by atoms with E-state index in [0.29, 0.717) is 12.2 Å². The molecule has 0 atom stereocenters. The van der Waals surface area contributed by atoms with E-state index in [4.69, 9.17) is 14.2 Å². The van der Waals surface area contributed by atoms with Gasteiger partial charge < -0.3 is 19.5 Å². The molecule has 0 radical (unpaired) electrons. The van der Waals surface area contributed by atoms with Crippen LogP contribution in [0.2, 0.25) is 0 Å². The summed E-state index contributed by atoms with van der Waals surface area (Å²) in [4.78, 5) is 0. The molecule has 1 aromatic rings. The minimum atomic E-state index is 0.336. The Labute approximate surface area is 107 Å². The van der Waals surface area contributed by atoms with Crippen LogP contribution < -0.4 is 14.8 Å². The van der Waals surface area contributed by atoms with Crippen molar-refractivity contribution >= 4 is 0 Å². The van der Waals surface area contributed by atoms with E-state index in [9.17, 15) is 0 Å². The fourth-order valence-corrected chi connectivity index (χ4v) is 2.34. The monoisotopic (exact) mass is 249 g/mol. The topological polar surface area (TPSA) is 39.7 Å². The van der Waals surface area contributed by atoms with E-state index >= 15 is 0 Å². The summed E-state index contributed by atoms with van der Waals surface area (Å²) in [6.45, 7) is 6.21. The van der Waals surface area contributed by atoms with Gasteiger partial charge >= 0.3 is 0 Å². The molecule has 1 saturated heterocycles. The van der Waals surface area contributed by atoms with E-state index in [1.807, 2.05) is 12.1 Å². The van der Waals surface area contributed by atoms with Crippen LogP contribution in [0.4, 0.5) is 0 Å². The number of hydrogen-bond acceptors (Lipinski definition) is 4. The highest BCUT2D eigenvalue weighted by Gasteiger charge is 2.36. The molecule has 0 spiro atoms. The molecule has 1 aromatic carbocycles. The maximum atomic E-state index is 5.37.